The Morgan fingerprint density at radius 3 is 2.65 bits per heavy atom. The Morgan fingerprint density at radius 1 is 1.41 bits per heavy atom. The first kappa shape index (κ1) is 13.2. The number of aromatic hydroxyl groups is 1. The highest BCUT2D eigenvalue weighted by molar-refractivity contribution is 5.99. The Morgan fingerprint density at radius 2 is 2.06 bits per heavy atom. The highest BCUT2D eigenvalue weighted by Crippen LogP contribution is 2.17. The maximum absolute atomic E-state index is 12.9. The van der Waals surface area contributed by atoms with Crippen molar-refractivity contribution in [3.05, 3.63) is 29.6 Å². The van der Waals surface area contributed by atoms with Crippen molar-refractivity contribution >= 4 is 11.7 Å². The van der Waals surface area contributed by atoms with Crippen molar-refractivity contribution in [3.8, 4) is 5.75 Å². The quantitative estimate of drug-likeness (QED) is 0.836. The molecule has 0 bridgehead atoms. The first-order valence-corrected chi connectivity index (χ1v) is 5.21. The maximum Gasteiger partial charge on any atom is 0.255 e. The molecule has 0 atom stereocenters. The molecule has 0 saturated carbocycles. The van der Waals surface area contributed by atoms with E-state index in [9.17, 15) is 19.1 Å². The number of rotatable bonds is 4. The van der Waals surface area contributed by atoms with Crippen molar-refractivity contribution in [1.82, 2.24) is 5.32 Å². The van der Waals surface area contributed by atoms with Gasteiger partial charge in [-0.3, -0.25) is 9.59 Å². The number of hydrogen-bond acceptors (Lipinski definition) is 3. The molecule has 0 spiro atoms. The summed E-state index contributed by atoms with van der Waals surface area (Å²) in [6, 6.07) is 3.06. The molecule has 0 aliphatic heterocycles. The van der Waals surface area contributed by atoms with Gasteiger partial charge in [-0.25, -0.2) is 4.39 Å². The van der Waals surface area contributed by atoms with E-state index in [1.807, 2.05) is 0 Å². The molecule has 0 aliphatic carbocycles. The van der Waals surface area contributed by atoms with Crippen molar-refractivity contribution in [2.45, 2.75) is 13.8 Å². The zero-order chi connectivity index (χ0) is 13.0. The Hall–Kier alpha value is -1.91. The van der Waals surface area contributed by atoms with Crippen LogP contribution in [0.3, 0.4) is 0 Å². The van der Waals surface area contributed by atoms with Gasteiger partial charge in [0, 0.05) is 5.92 Å². The van der Waals surface area contributed by atoms with Crippen molar-refractivity contribution in [3.63, 3.8) is 0 Å². The molecule has 5 heteroatoms. The van der Waals surface area contributed by atoms with Gasteiger partial charge in [0.25, 0.3) is 5.91 Å². The second-order valence-corrected chi connectivity index (χ2v) is 3.97. The zero-order valence-electron chi connectivity index (χ0n) is 9.66. The minimum atomic E-state index is -0.670. The van der Waals surface area contributed by atoms with Gasteiger partial charge in [-0.2, -0.15) is 0 Å². The highest BCUT2D eigenvalue weighted by atomic mass is 19.1. The topological polar surface area (TPSA) is 66.4 Å². The number of ketones is 1. The number of nitrogens with one attached hydrogen (secondary N) is 1. The first-order chi connectivity index (χ1) is 7.91. The summed E-state index contributed by atoms with van der Waals surface area (Å²) in [5.41, 5.74) is -0.179. The molecule has 2 N–H and O–H groups in total. The fourth-order valence-corrected chi connectivity index (χ4v) is 1.16. The third-order valence-corrected chi connectivity index (χ3v) is 2.27. The van der Waals surface area contributed by atoms with E-state index in [1.54, 1.807) is 13.8 Å². The summed E-state index contributed by atoms with van der Waals surface area (Å²) in [7, 11) is 0. The molecule has 0 heterocycles. The number of carbonyl (C=O) groups excluding carboxylic acids is 2. The predicted molar refractivity (Wildman–Crippen MR) is 60.2 cm³/mol. The molecule has 0 radical (unpaired) electrons. The Bertz CT molecular complexity index is 443. The number of hydrogen-bond donors (Lipinski definition) is 2. The Balaban J connectivity index is 2.70. The van der Waals surface area contributed by atoms with Gasteiger partial charge >= 0.3 is 0 Å². The van der Waals surface area contributed by atoms with Crippen molar-refractivity contribution in [2.24, 2.45) is 5.92 Å². The number of halogens is 1. The summed E-state index contributed by atoms with van der Waals surface area (Å²) in [6.07, 6.45) is 0. The van der Waals surface area contributed by atoms with Gasteiger partial charge in [0.05, 0.1) is 12.1 Å². The van der Waals surface area contributed by atoms with Crippen LogP contribution in [-0.4, -0.2) is 23.3 Å². The van der Waals surface area contributed by atoms with Gasteiger partial charge in [0.2, 0.25) is 0 Å². The van der Waals surface area contributed by atoms with Crippen LogP contribution in [0.5, 0.6) is 5.75 Å². The van der Waals surface area contributed by atoms with E-state index in [4.69, 9.17) is 0 Å². The summed E-state index contributed by atoms with van der Waals surface area (Å²) >= 11 is 0. The molecule has 0 fully saturated rings. The molecule has 0 aliphatic rings. The number of carbonyl (C=O) groups is 2. The third kappa shape index (κ3) is 3.55. The van der Waals surface area contributed by atoms with Crippen molar-refractivity contribution in [1.29, 1.82) is 0 Å². The summed E-state index contributed by atoms with van der Waals surface area (Å²) < 4.78 is 12.9. The highest BCUT2D eigenvalue weighted by Gasteiger charge is 2.14. The van der Waals surface area contributed by atoms with Crippen LogP contribution >= 0.6 is 0 Å². The van der Waals surface area contributed by atoms with Crippen LogP contribution in [0.15, 0.2) is 18.2 Å². The number of phenolic OH excluding ortho intramolecular Hbond substituents is 1. The minimum absolute atomic E-state index is 0.130. The molecular weight excluding hydrogens is 225 g/mol. The summed E-state index contributed by atoms with van der Waals surface area (Å²) in [6.45, 7) is 3.30. The smallest absolute Gasteiger partial charge is 0.255 e. The lowest BCUT2D eigenvalue weighted by Crippen LogP contribution is -2.31. The summed E-state index contributed by atoms with van der Waals surface area (Å²) in [5, 5.41) is 11.7. The fraction of sp³-hybridized carbons (Fsp3) is 0.333. The number of benzene rings is 1. The van der Waals surface area contributed by atoms with E-state index in [-0.39, 0.29) is 29.6 Å². The molecule has 1 amide bonds. The molecule has 4 nitrogen and oxygen atoms in total. The number of amides is 1. The summed E-state index contributed by atoms with van der Waals surface area (Å²) in [5.74, 6) is -1.93. The van der Waals surface area contributed by atoms with Crippen molar-refractivity contribution in [2.75, 3.05) is 6.54 Å². The lowest BCUT2D eigenvalue weighted by Gasteiger charge is -2.07. The van der Waals surface area contributed by atoms with Gasteiger partial charge in [0.15, 0.2) is 5.78 Å². The van der Waals surface area contributed by atoms with E-state index in [2.05, 4.69) is 5.32 Å². The lowest BCUT2D eigenvalue weighted by atomic mass is 10.1. The monoisotopic (exact) mass is 239 g/mol. The van der Waals surface area contributed by atoms with Gasteiger partial charge in [-0.1, -0.05) is 13.8 Å². The second-order valence-electron chi connectivity index (χ2n) is 3.97. The van der Waals surface area contributed by atoms with E-state index in [0.29, 0.717) is 0 Å². The molecule has 0 saturated heterocycles. The van der Waals surface area contributed by atoms with Crippen LogP contribution in [0.2, 0.25) is 0 Å². The van der Waals surface area contributed by atoms with E-state index >= 15 is 0 Å². The standard InChI is InChI=1S/C12H14FNO3/c1-7(2)11(16)6-14-12(17)9-5-8(13)3-4-10(9)15/h3-5,7,15H,6H2,1-2H3,(H,14,17). The molecule has 92 valence electrons. The average Bonchev–Trinajstić information content (AvgIpc) is 2.28. The van der Waals surface area contributed by atoms with Crippen LogP contribution < -0.4 is 5.32 Å². The SMILES string of the molecule is CC(C)C(=O)CNC(=O)c1cc(F)ccc1O. The molecule has 1 rings (SSSR count). The molecular formula is C12H14FNO3. The molecule has 1 aromatic rings. The van der Waals surface area contributed by atoms with Crippen LogP contribution in [-0.2, 0) is 4.79 Å². The molecule has 17 heavy (non-hydrogen) atoms. The molecule has 1 aromatic carbocycles. The number of phenols is 1. The lowest BCUT2D eigenvalue weighted by molar-refractivity contribution is -0.120. The minimum Gasteiger partial charge on any atom is -0.507 e. The van der Waals surface area contributed by atoms with Gasteiger partial charge < -0.3 is 10.4 Å². The first-order valence-electron chi connectivity index (χ1n) is 5.21. The Labute approximate surface area is 98.5 Å². The van der Waals surface area contributed by atoms with E-state index in [0.717, 1.165) is 18.2 Å². The normalized spacial score (nSPS) is 10.4. The van der Waals surface area contributed by atoms with Gasteiger partial charge in [0.1, 0.15) is 11.6 Å². The van der Waals surface area contributed by atoms with E-state index < -0.39 is 11.7 Å². The van der Waals surface area contributed by atoms with Crippen LogP contribution in [0, 0.1) is 11.7 Å². The zero-order valence-corrected chi connectivity index (χ0v) is 9.66. The summed E-state index contributed by atoms with van der Waals surface area (Å²) in [4.78, 5) is 22.8. The average molecular weight is 239 g/mol. The van der Waals surface area contributed by atoms with Crippen LogP contribution in [0.1, 0.15) is 24.2 Å². The largest absolute Gasteiger partial charge is 0.507 e. The van der Waals surface area contributed by atoms with Gasteiger partial charge in [-0.05, 0) is 18.2 Å². The molecule has 0 unspecified atom stereocenters. The van der Waals surface area contributed by atoms with Gasteiger partial charge in [-0.15, -0.1) is 0 Å². The maximum atomic E-state index is 12.9. The third-order valence-electron chi connectivity index (χ3n) is 2.27. The van der Waals surface area contributed by atoms with Crippen LogP contribution in [0.25, 0.3) is 0 Å². The predicted octanol–water partition coefficient (Wildman–Crippen LogP) is 1.49. The fourth-order valence-electron chi connectivity index (χ4n) is 1.16. The molecule has 0 aromatic heterocycles. The Kier molecular flexibility index (Phi) is 4.20. The van der Waals surface area contributed by atoms with E-state index in [1.165, 1.54) is 0 Å². The second kappa shape index (κ2) is 5.43. The number of Topliss-reactive ketones (excluding diaryl/α,β-unsaturated/α-hetero) is 1. The van der Waals surface area contributed by atoms with Crippen molar-refractivity contribution < 1.29 is 19.1 Å². The van der Waals surface area contributed by atoms with Crippen LogP contribution in [0.4, 0.5) is 4.39 Å².